The number of rotatable bonds is 4. The Morgan fingerprint density at radius 3 is 2.15 bits per heavy atom. The van der Waals surface area contributed by atoms with Crippen molar-refractivity contribution < 1.29 is 40.4 Å². The van der Waals surface area contributed by atoms with Crippen LogP contribution < -0.4 is 4.84 Å². The number of carbonyl (C=O) groups excluding carboxylic acids is 1. The van der Waals surface area contributed by atoms with E-state index in [0.29, 0.717) is 31.4 Å². The van der Waals surface area contributed by atoms with Crippen LogP contribution in [-0.4, -0.2) is 35.3 Å². The van der Waals surface area contributed by atoms with Gasteiger partial charge in [-0.15, -0.1) is 0 Å². The van der Waals surface area contributed by atoms with Gasteiger partial charge in [0, 0.05) is 26.6 Å². The van der Waals surface area contributed by atoms with Crippen LogP contribution in [0.15, 0.2) is 47.6 Å². The van der Waals surface area contributed by atoms with E-state index >= 15 is 0 Å². The lowest BCUT2D eigenvalue weighted by molar-refractivity contribution is -0.143. The van der Waals surface area contributed by atoms with Gasteiger partial charge in [-0.1, -0.05) is 5.16 Å². The predicted octanol–water partition coefficient (Wildman–Crippen LogP) is 6.29. The van der Waals surface area contributed by atoms with Crippen molar-refractivity contribution in [3.63, 3.8) is 0 Å². The number of benzene rings is 2. The maximum Gasteiger partial charge on any atom is 0.416 e. The van der Waals surface area contributed by atoms with E-state index in [0.717, 1.165) is 17.0 Å². The van der Waals surface area contributed by atoms with Crippen molar-refractivity contribution in [3.8, 4) is 5.75 Å². The number of hydrogen-bond donors (Lipinski definition) is 0. The summed E-state index contributed by atoms with van der Waals surface area (Å²) in [5.41, 5.74) is -3.23. The molecule has 0 aliphatic carbocycles. The molecule has 2 aromatic carbocycles. The molecule has 0 spiro atoms. The van der Waals surface area contributed by atoms with Crippen molar-refractivity contribution in [1.82, 2.24) is 9.80 Å². The Labute approximate surface area is 190 Å². The first-order valence-corrected chi connectivity index (χ1v) is 10.1. The minimum Gasteiger partial charge on any atom is -0.355 e. The van der Waals surface area contributed by atoms with Gasteiger partial charge in [0.05, 0.1) is 11.1 Å². The topological polar surface area (TPSA) is 45.1 Å². The summed E-state index contributed by atoms with van der Waals surface area (Å²) in [4.78, 5) is 20.5. The van der Waals surface area contributed by atoms with Crippen LogP contribution >= 0.6 is 0 Å². The normalized spacial score (nSPS) is 16.0. The van der Waals surface area contributed by atoms with Crippen LogP contribution in [0.3, 0.4) is 0 Å². The second-order valence-electron chi connectivity index (χ2n) is 7.71. The number of alkyl halides is 6. The molecule has 2 amide bonds. The lowest BCUT2D eigenvalue weighted by Crippen LogP contribution is -2.46. The standard InChI is InChI=1S/C22H20F7N3O2/c1-31(13-14-10-15(21(24,25)26)12-16(11-14)22(27,28)29)20(33)32-9-3-2-4-19(32)30-34-18-7-5-17(23)6-8-18/h5-8,10-12H,2-4,9,13H2,1H3. The van der Waals surface area contributed by atoms with Crippen molar-refractivity contribution in [2.24, 2.45) is 5.16 Å². The summed E-state index contributed by atoms with van der Waals surface area (Å²) in [5.74, 6) is -0.00399. The molecule has 0 N–H and O–H groups in total. The number of hydrogen-bond acceptors (Lipinski definition) is 3. The molecule has 1 aliphatic heterocycles. The van der Waals surface area contributed by atoms with Gasteiger partial charge in [-0.2, -0.15) is 26.3 Å². The van der Waals surface area contributed by atoms with E-state index in [2.05, 4.69) is 5.16 Å². The Morgan fingerprint density at radius 1 is 1.00 bits per heavy atom. The monoisotopic (exact) mass is 491 g/mol. The molecule has 0 bridgehead atoms. The first-order valence-electron chi connectivity index (χ1n) is 10.1. The van der Waals surface area contributed by atoms with Crippen molar-refractivity contribution in [3.05, 3.63) is 65.0 Å². The minimum atomic E-state index is -4.98. The lowest BCUT2D eigenvalue weighted by atomic mass is 10.0. The highest BCUT2D eigenvalue weighted by Gasteiger charge is 2.37. The van der Waals surface area contributed by atoms with Gasteiger partial charge in [0.25, 0.3) is 0 Å². The van der Waals surface area contributed by atoms with Crippen LogP contribution in [0.2, 0.25) is 0 Å². The van der Waals surface area contributed by atoms with Gasteiger partial charge in [0.2, 0.25) is 0 Å². The number of carbonyl (C=O) groups is 1. The first kappa shape index (κ1) is 25.3. The van der Waals surface area contributed by atoms with Gasteiger partial charge < -0.3 is 9.74 Å². The fourth-order valence-electron chi connectivity index (χ4n) is 3.38. The number of halogens is 7. The van der Waals surface area contributed by atoms with Crippen molar-refractivity contribution in [2.75, 3.05) is 13.6 Å². The Hall–Kier alpha value is -3.31. The summed E-state index contributed by atoms with van der Waals surface area (Å²) < 4.78 is 91.7. The SMILES string of the molecule is CN(Cc1cc(C(F)(F)F)cc(C(F)(F)F)c1)C(=O)N1CCCCC1=NOc1ccc(F)cc1. The smallest absolute Gasteiger partial charge is 0.355 e. The molecule has 1 aliphatic rings. The number of oxime groups is 1. The number of amides is 2. The Bertz CT molecular complexity index is 1020. The highest BCUT2D eigenvalue weighted by Crippen LogP contribution is 2.36. The molecular weight excluding hydrogens is 471 g/mol. The molecule has 0 saturated carbocycles. The zero-order valence-corrected chi connectivity index (χ0v) is 17.9. The number of nitrogens with zero attached hydrogens (tertiary/aromatic N) is 3. The summed E-state index contributed by atoms with van der Waals surface area (Å²) in [7, 11) is 1.27. The van der Waals surface area contributed by atoms with Crippen molar-refractivity contribution >= 4 is 11.9 Å². The van der Waals surface area contributed by atoms with E-state index in [4.69, 9.17) is 4.84 Å². The Balaban J connectivity index is 1.79. The summed E-state index contributed by atoms with van der Waals surface area (Å²) in [5, 5.41) is 3.94. The summed E-state index contributed by atoms with van der Waals surface area (Å²) >= 11 is 0. The van der Waals surface area contributed by atoms with E-state index < -0.39 is 41.9 Å². The number of piperidine rings is 1. The van der Waals surface area contributed by atoms with Crippen LogP contribution in [-0.2, 0) is 18.9 Å². The van der Waals surface area contributed by atoms with Crippen LogP contribution in [0.25, 0.3) is 0 Å². The first-order chi connectivity index (χ1) is 15.8. The maximum absolute atomic E-state index is 13.1. The summed E-state index contributed by atoms with van der Waals surface area (Å²) in [6, 6.07) is 5.55. The van der Waals surface area contributed by atoms with E-state index in [1.807, 2.05) is 0 Å². The van der Waals surface area contributed by atoms with Gasteiger partial charge in [-0.25, -0.2) is 9.18 Å². The average molecular weight is 491 g/mol. The zero-order valence-electron chi connectivity index (χ0n) is 17.9. The lowest BCUT2D eigenvalue weighted by Gasteiger charge is -2.31. The molecular formula is C22H20F7N3O2. The quantitative estimate of drug-likeness (QED) is 0.373. The molecule has 34 heavy (non-hydrogen) atoms. The molecule has 1 fully saturated rings. The molecule has 0 atom stereocenters. The van der Waals surface area contributed by atoms with Gasteiger partial charge in [0.1, 0.15) is 5.82 Å². The fourth-order valence-corrected chi connectivity index (χ4v) is 3.38. The largest absolute Gasteiger partial charge is 0.416 e. The zero-order chi connectivity index (χ0) is 25.1. The van der Waals surface area contributed by atoms with Crippen LogP contribution in [0.5, 0.6) is 5.75 Å². The Kier molecular flexibility index (Phi) is 7.37. The number of amidine groups is 1. The number of likely N-dealkylation sites (tertiary alicyclic amines) is 1. The fraction of sp³-hybridized carbons (Fsp3) is 0.364. The highest BCUT2D eigenvalue weighted by atomic mass is 19.4. The molecule has 0 aromatic heterocycles. The second kappa shape index (κ2) is 9.90. The molecule has 0 unspecified atom stereocenters. The molecule has 0 radical (unpaired) electrons. The minimum absolute atomic E-state index is 0.0352. The van der Waals surface area contributed by atoms with E-state index in [1.54, 1.807) is 0 Å². The third-order valence-corrected chi connectivity index (χ3v) is 5.04. The maximum atomic E-state index is 13.1. The van der Waals surface area contributed by atoms with E-state index in [9.17, 15) is 35.5 Å². The third-order valence-electron chi connectivity index (χ3n) is 5.04. The molecule has 1 heterocycles. The highest BCUT2D eigenvalue weighted by molar-refractivity contribution is 5.97. The van der Waals surface area contributed by atoms with E-state index in [1.165, 1.54) is 24.1 Å². The van der Waals surface area contributed by atoms with Crippen molar-refractivity contribution in [2.45, 2.75) is 38.2 Å². The predicted molar refractivity (Wildman–Crippen MR) is 108 cm³/mol. The van der Waals surface area contributed by atoms with Gasteiger partial charge in [0.15, 0.2) is 11.6 Å². The van der Waals surface area contributed by atoms with Crippen LogP contribution in [0.1, 0.15) is 36.0 Å². The van der Waals surface area contributed by atoms with Gasteiger partial charge >= 0.3 is 18.4 Å². The summed E-state index contributed by atoms with van der Waals surface area (Å²) in [6.45, 7) is -0.250. The Morgan fingerprint density at radius 2 is 1.59 bits per heavy atom. The molecule has 5 nitrogen and oxygen atoms in total. The molecule has 184 valence electrons. The summed E-state index contributed by atoms with van der Waals surface area (Å²) in [6.07, 6.45) is -8.28. The third kappa shape index (κ3) is 6.39. The van der Waals surface area contributed by atoms with Crippen LogP contribution in [0.4, 0.5) is 35.5 Å². The number of urea groups is 1. The second-order valence-corrected chi connectivity index (χ2v) is 7.71. The van der Waals surface area contributed by atoms with Gasteiger partial charge in [-0.05, 0) is 60.9 Å². The molecule has 2 aromatic rings. The van der Waals surface area contributed by atoms with Crippen molar-refractivity contribution in [1.29, 1.82) is 0 Å². The van der Waals surface area contributed by atoms with Crippen LogP contribution in [0, 0.1) is 5.82 Å². The average Bonchev–Trinajstić information content (AvgIpc) is 2.77. The molecule has 12 heteroatoms. The van der Waals surface area contributed by atoms with E-state index in [-0.39, 0.29) is 29.8 Å². The molecule has 1 saturated heterocycles. The molecule has 3 rings (SSSR count). The van der Waals surface area contributed by atoms with Gasteiger partial charge in [-0.3, -0.25) is 4.90 Å².